The lowest BCUT2D eigenvalue weighted by Crippen LogP contribution is -2.34. The second-order valence-corrected chi connectivity index (χ2v) is 5.55. The first-order valence-corrected chi connectivity index (χ1v) is 7.13. The highest BCUT2D eigenvalue weighted by molar-refractivity contribution is 7.80. The zero-order valence-electron chi connectivity index (χ0n) is 10.2. The topological polar surface area (TPSA) is 59.3 Å². The van der Waals surface area contributed by atoms with Gasteiger partial charge in [-0.25, -0.2) is 0 Å². The molecule has 0 aliphatic carbocycles. The summed E-state index contributed by atoms with van der Waals surface area (Å²) in [6.07, 6.45) is 2.41. The van der Waals surface area contributed by atoms with E-state index in [1.165, 1.54) is 0 Å². The second kappa shape index (κ2) is 6.61. The minimum Gasteiger partial charge on any atom is -0.396 e. The summed E-state index contributed by atoms with van der Waals surface area (Å²) < 4.78 is 5.50. The summed E-state index contributed by atoms with van der Waals surface area (Å²) in [5, 5.41) is 7.43. The molecule has 1 aromatic rings. The molecule has 0 bridgehead atoms. The number of rotatable bonds is 3. The van der Waals surface area contributed by atoms with E-state index in [2.05, 4.69) is 10.6 Å². The smallest absolute Gasteiger partial charge is 0.170 e. The fraction of sp³-hybridized carbons (Fsp3) is 0.417. The van der Waals surface area contributed by atoms with Crippen molar-refractivity contribution in [3.05, 3.63) is 22.2 Å². The highest BCUT2D eigenvalue weighted by Gasteiger charge is 2.15. The summed E-state index contributed by atoms with van der Waals surface area (Å²) in [4.78, 5) is 0. The van der Waals surface area contributed by atoms with Crippen molar-refractivity contribution in [1.29, 1.82) is 0 Å². The van der Waals surface area contributed by atoms with Crippen LogP contribution in [0.25, 0.3) is 0 Å². The number of ether oxygens (including phenoxy) is 1. The maximum atomic E-state index is 5.95. The third-order valence-electron chi connectivity index (χ3n) is 2.85. The molecular formula is C12H15Cl2N3OS. The van der Waals surface area contributed by atoms with Gasteiger partial charge < -0.3 is 21.1 Å². The van der Waals surface area contributed by atoms with Gasteiger partial charge in [-0.15, -0.1) is 0 Å². The Balaban J connectivity index is 1.87. The molecule has 0 spiro atoms. The summed E-state index contributed by atoms with van der Waals surface area (Å²) in [5.41, 5.74) is 6.74. The van der Waals surface area contributed by atoms with Crippen molar-refractivity contribution in [2.24, 2.45) is 0 Å². The van der Waals surface area contributed by atoms with Crippen LogP contribution in [0.1, 0.15) is 12.8 Å². The number of nitrogens with two attached hydrogens (primary N) is 1. The van der Waals surface area contributed by atoms with Crippen molar-refractivity contribution in [3.63, 3.8) is 0 Å². The maximum Gasteiger partial charge on any atom is 0.170 e. The van der Waals surface area contributed by atoms with Gasteiger partial charge >= 0.3 is 0 Å². The second-order valence-electron chi connectivity index (χ2n) is 4.32. The number of nitrogens with one attached hydrogen (secondary N) is 2. The van der Waals surface area contributed by atoms with Crippen molar-refractivity contribution in [3.8, 4) is 0 Å². The molecule has 1 aliphatic heterocycles. The molecule has 4 N–H and O–H groups in total. The van der Waals surface area contributed by atoms with Crippen molar-refractivity contribution in [1.82, 2.24) is 5.32 Å². The van der Waals surface area contributed by atoms with E-state index in [0.29, 0.717) is 33.1 Å². The first kappa shape index (κ1) is 14.7. The van der Waals surface area contributed by atoms with Crippen LogP contribution >= 0.6 is 35.4 Å². The molecule has 1 fully saturated rings. The van der Waals surface area contributed by atoms with Gasteiger partial charge in [-0.3, -0.25) is 0 Å². The lowest BCUT2D eigenvalue weighted by molar-refractivity contribution is 0.114. The predicted molar refractivity (Wildman–Crippen MR) is 84.1 cm³/mol. The Morgan fingerprint density at radius 1 is 1.42 bits per heavy atom. The van der Waals surface area contributed by atoms with Crippen LogP contribution < -0.4 is 16.4 Å². The largest absolute Gasteiger partial charge is 0.396 e. The SMILES string of the molecule is Nc1c(Cl)cc(NC(=S)NC[C@@H]2CCCO2)cc1Cl. The minimum atomic E-state index is 0.235. The van der Waals surface area contributed by atoms with Gasteiger partial charge in [0.2, 0.25) is 0 Å². The van der Waals surface area contributed by atoms with Crippen LogP contribution in [0.3, 0.4) is 0 Å². The third kappa shape index (κ3) is 4.11. The molecule has 0 amide bonds. The molecule has 1 saturated heterocycles. The van der Waals surface area contributed by atoms with Gasteiger partial charge in [0.05, 0.1) is 21.8 Å². The van der Waals surface area contributed by atoms with Crippen LogP contribution in [0.2, 0.25) is 10.0 Å². The Morgan fingerprint density at radius 3 is 2.68 bits per heavy atom. The monoisotopic (exact) mass is 319 g/mol. The lowest BCUT2D eigenvalue weighted by atomic mass is 10.2. The molecule has 104 valence electrons. The molecule has 1 aliphatic rings. The highest BCUT2D eigenvalue weighted by Crippen LogP contribution is 2.31. The molecule has 19 heavy (non-hydrogen) atoms. The van der Waals surface area contributed by atoms with Gasteiger partial charge in [0.15, 0.2) is 5.11 Å². The molecule has 2 rings (SSSR count). The van der Waals surface area contributed by atoms with Crippen LogP contribution in [0, 0.1) is 0 Å². The van der Waals surface area contributed by atoms with Crippen molar-refractivity contribution in [2.75, 3.05) is 24.2 Å². The van der Waals surface area contributed by atoms with Gasteiger partial charge in [0.1, 0.15) is 0 Å². The Morgan fingerprint density at radius 2 is 2.11 bits per heavy atom. The number of hydrogen-bond donors (Lipinski definition) is 3. The summed E-state index contributed by atoms with van der Waals surface area (Å²) >= 11 is 17.1. The summed E-state index contributed by atoms with van der Waals surface area (Å²) in [7, 11) is 0. The molecule has 1 aromatic carbocycles. The molecular weight excluding hydrogens is 305 g/mol. The van der Waals surface area contributed by atoms with E-state index in [-0.39, 0.29) is 6.10 Å². The van der Waals surface area contributed by atoms with Gasteiger partial charge in [-0.1, -0.05) is 23.2 Å². The fourth-order valence-electron chi connectivity index (χ4n) is 1.84. The summed E-state index contributed by atoms with van der Waals surface area (Å²) in [5.74, 6) is 0. The van der Waals surface area contributed by atoms with E-state index >= 15 is 0 Å². The van der Waals surface area contributed by atoms with E-state index in [0.717, 1.165) is 19.4 Å². The number of halogens is 2. The number of nitrogen functional groups attached to an aromatic ring is 1. The molecule has 0 unspecified atom stereocenters. The lowest BCUT2D eigenvalue weighted by Gasteiger charge is -2.14. The van der Waals surface area contributed by atoms with E-state index < -0.39 is 0 Å². The zero-order valence-corrected chi connectivity index (χ0v) is 12.5. The molecule has 0 saturated carbocycles. The quantitative estimate of drug-likeness (QED) is 0.590. The molecule has 0 radical (unpaired) electrons. The van der Waals surface area contributed by atoms with E-state index in [4.69, 9.17) is 45.9 Å². The molecule has 1 atom stereocenters. The van der Waals surface area contributed by atoms with Crippen LogP contribution in [0.15, 0.2) is 12.1 Å². The standard InChI is InChI=1S/C12H15Cl2N3OS/c13-9-4-7(5-10(14)11(9)15)17-12(19)16-6-8-2-1-3-18-8/h4-5,8H,1-3,6,15H2,(H2,16,17,19)/t8-/m0/s1. The number of hydrogen-bond acceptors (Lipinski definition) is 3. The van der Waals surface area contributed by atoms with Crippen LogP contribution in [0.4, 0.5) is 11.4 Å². The Labute approximate surface area is 127 Å². The van der Waals surface area contributed by atoms with Crippen LogP contribution in [-0.4, -0.2) is 24.4 Å². The zero-order chi connectivity index (χ0) is 13.8. The number of benzene rings is 1. The Hall–Kier alpha value is -0.750. The normalized spacial score (nSPS) is 18.3. The van der Waals surface area contributed by atoms with Gasteiger partial charge in [0, 0.05) is 18.8 Å². The first-order valence-electron chi connectivity index (χ1n) is 5.97. The third-order valence-corrected chi connectivity index (χ3v) is 3.72. The molecule has 7 heteroatoms. The average molecular weight is 320 g/mol. The van der Waals surface area contributed by atoms with E-state index in [1.54, 1.807) is 12.1 Å². The molecule has 1 heterocycles. The predicted octanol–water partition coefficient (Wildman–Crippen LogP) is 3.04. The average Bonchev–Trinajstić information content (AvgIpc) is 2.86. The van der Waals surface area contributed by atoms with Crippen molar-refractivity contribution < 1.29 is 4.74 Å². The highest BCUT2D eigenvalue weighted by atomic mass is 35.5. The van der Waals surface area contributed by atoms with E-state index in [9.17, 15) is 0 Å². The molecule has 4 nitrogen and oxygen atoms in total. The Bertz CT molecular complexity index is 455. The molecule has 0 aromatic heterocycles. The van der Waals surface area contributed by atoms with Crippen molar-refractivity contribution >= 4 is 51.9 Å². The Kier molecular flexibility index (Phi) is 5.10. The van der Waals surface area contributed by atoms with Crippen molar-refractivity contribution in [2.45, 2.75) is 18.9 Å². The minimum absolute atomic E-state index is 0.235. The number of anilines is 2. The van der Waals surface area contributed by atoms with Gasteiger partial charge in [0.25, 0.3) is 0 Å². The summed E-state index contributed by atoms with van der Waals surface area (Å²) in [6.45, 7) is 1.53. The van der Waals surface area contributed by atoms with Crippen LogP contribution in [0.5, 0.6) is 0 Å². The van der Waals surface area contributed by atoms with E-state index in [1.807, 2.05) is 0 Å². The number of thiocarbonyl (C=S) groups is 1. The van der Waals surface area contributed by atoms with Gasteiger partial charge in [-0.2, -0.15) is 0 Å². The van der Waals surface area contributed by atoms with Gasteiger partial charge in [-0.05, 0) is 37.2 Å². The maximum absolute atomic E-state index is 5.95. The fourth-order valence-corrected chi connectivity index (χ4v) is 2.53. The first-order chi connectivity index (χ1) is 9.06. The van der Waals surface area contributed by atoms with Crippen LogP contribution in [-0.2, 0) is 4.74 Å². The summed E-state index contributed by atoms with van der Waals surface area (Å²) in [6, 6.07) is 3.37.